The average molecular weight is 356 g/mol. The molecule has 126 valence electrons. The van der Waals surface area contributed by atoms with Gasteiger partial charge in [0.2, 0.25) is 10.0 Å². The topological polar surface area (TPSA) is 142 Å². The lowest BCUT2D eigenvalue weighted by molar-refractivity contribution is 0.100. The van der Waals surface area contributed by atoms with E-state index in [4.69, 9.17) is 16.6 Å². The fourth-order valence-electron chi connectivity index (χ4n) is 2.51. The Bertz CT molecular complexity index is 722. The molecule has 0 spiro atoms. The molecule has 0 saturated heterocycles. The normalized spacial score (nSPS) is 16.0. The molecule has 1 aliphatic rings. The van der Waals surface area contributed by atoms with Crippen LogP contribution in [0.5, 0.6) is 0 Å². The van der Waals surface area contributed by atoms with Crippen molar-refractivity contribution in [2.24, 2.45) is 21.6 Å². The number of nitrogens with two attached hydrogens (primary N) is 3. The molecule has 0 unspecified atom stereocenters. The molecule has 1 fully saturated rings. The lowest BCUT2D eigenvalue weighted by Crippen LogP contribution is -2.24. The smallest absolute Gasteiger partial charge is 0.280 e. The molecule has 0 aromatic heterocycles. The van der Waals surface area contributed by atoms with Crippen LogP contribution in [0.15, 0.2) is 33.0 Å². The Morgan fingerprint density at radius 1 is 1.17 bits per heavy atom. The van der Waals surface area contributed by atoms with Crippen LogP contribution in [0.1, 0.15) is 42.5 Å². The number of hydrogen-bond acceptors (Lipinski definition) is 4. The Hall–Kier alpha value is -1.58. The molecular weight excluding hydrogens is 336 g/mol. The fourth-order valence-corrected chi connectivity index (χ4v) is 4.89. The molecule has 23 heavy (non-hydrogen) atoms. The largest absolute Gasteiger partial charge is 0.370 e. The van der Waals surface area contributed by atoms with Gasteiger partial charge in [-0.3, -0.25) is 4.79 Å². The van der Waals surface area contributed by atoms with E-state index in [1.54, 1.807) is 6.07 Å². The summed E-state index contributed by atoms with van der Waals surface area (Å²) in [4.78, 5) is 15.7. The van der Waals surface area contributed by atoms with Crippen molar-refractivity contribution in [1.29, 1.82) is 0 Å². The van der Waals surface area contributed by atoms with E-state index in [1.165, 1.54) is 30.3 Å². The number of guanidine groups is 1. The van der Waals surface area contributed by atoms with Crippen LogP contribution in [0.25, 0.3) is 0 Å². The summed E-state index contributed by atoms with van der Waals surface area (Å²) in [5.41, 5.74) is 10.4. The van der Waals surface area contributed by atoms with Crippen LogP contribution < -0.4 is 16.6 Å². The van der Waals surface area contributed by atoms with Gasteiger partial charge in [0, 0.05) is 15.7 Å². The third-order valence-electron chi connectivity index (χ3n) is 3.57. The molecule has 2 rings (SSSR count). The maximum Gasteiger partial charge on any atom is 0.280 e. The van der Waals surface area contributed by atoms with E-state index in [0.717, 1.165) is 25.7 Å². The van der Waals surface area contributed by atoms with E-state index in [0.29, 0.717) is 10.1 Å². The molecule has 7 nitrogen and oxygen atoms in total. The first-order valence-corrected chi connectivity index (χ1v) is 9.67. The van der Waals surface area contributed by atoms with Crippen molar-refractivity contribution in [2.75, 3.05) is 0 Å². The highest BCUT2D eigenvalue weighted by atomic mass is 32.2. The molecule has 0 aliphatic heterocycles. The molecule has 1 aliphatic carbocycles. The maximum absolute atomic E-state index is 11.9. The number of carbonyl (C=O) groups excluding carboxylic acids is 1. The van der Waals surface area contributed by atoms with Gasteiger partial charge >= 0.3 is 0 Å². The third kappa shape index (κ3) is 4.95. The monoisotopic (exact) mass is 356 g/mol. The van der Waals surface area contributed by atoms with Crippen molar-refractivity contribution in [3.63, 3.8) is 0 Å². The number of aliphatic imine (C=N–C) groups is 1. The molecule has 0 radical (unpaired) electrons. The number of sulfonamides is 1. The van der Waals surface area contributed by atoms with Crippen LogP contribution >= 0.6 is 11.8 Å². The standard InChI is InChI=1S/C14H20N4O3S2/c15-14(16)18-13(19)9-6-7-11(12(8-9)23(17,20)21)22-10-4-2-1-3-5-10/h6-8,10H,1-5H2,(H2,17,20,21)(H4,15,16,18,19). The molecule has 1 saturated carbocycles. The van der Waals surface area contributed by atoms with Crippen LogP contribution in [0.4, 0.5) is 0 Å². The maximum atomic E-state index is 11.9. The first-order valence-electron chi connectivity index (χ1n) is 7.25. The second-order valence-corrected chi connectivity index (χ2v) is 8.30. The summed E-state index contributed by atoms with van der Waals surface area (Å²) in [6.07, 6.45) is 5.59. The van der Waals surface area contributed by atoms with E-state index < -0.39 is 15.9 Å². The number of benzene rings is 1. The van der Waals surface area contributed by atoms with Gasteiger partial charge in [-0.05, 0) is 31.0 Å². The lowest BCUT2D eigenvalue weighted by Gasteiger charge is -2.22. The van der Waals surface area contributed by atoms with Gasteiger partial charge in [0.1, 0.15) is 0 Å². The highest BCUT2D eigenvalue weighted by molar-refractivity contribution is 8.00. The number of primary sulfonamides is 1. The molecular formula is C14H20N4O3S2. The quantitative estimate of drug-likeness (QED) is 0.546. The Labute approximate surface area is 139 Å². The second kappa shape index (κ2) is 7.33. The molecule has 1 aromatic rings. The SMILES string of the molecule is NC(N)=NC(=O)c1ccc(SC2CCCCC2)c(S(N)(=O)=O)c1. The summed E-state index contributed by atoms with van der Waals surface area (Å²) < 4.78 is 23.7. The first kappa shape index (κ1) is 17.8. The van der Waals surface area contributed by atoms with Crippen LogP contribution in [0.3, 0.4) is 0 Å². The summed E-state index contributed by atoms with van der Waals surface area (Å²) in [6, 6.07) is 4.33. The molecule has 0 atom stereocenters. The van der Waals surface area contributed by atoms with Gasteiger partial charge < -0.3 is 11.5 Å². The van der Waals surface area contributed by atoms with Crippen molar-refractivity contribution in [2.45, 2.75) is 47.1 Å². The van der Waals surface area contributed by atoms with Gasteiger partial charge in [-0.1, -0.05) is 19.3 Å². The number of hydrogen-bond donors (Lipinski definition) is 3. The van der Waals surface area contributed by atoms with Gasteiger partial charge in [-0.15, -0.1) is 11.8 Å². The van der Waals surface area contributed by atoms with Crippen molar-refractivity contribution in [3.05, 3.63) is 23.8 Å². The van der Waals surface area contributed by atoms with Gasteiger partial charge in [-0.2, -0.15) is 4.99 Å². The molecule has 0 heterocycles. The molecule has 9 heteroatoms. The van der Waals surface area contributed by atoms with Crippen LogP contribution in [0.2, 0.25) is 0 Å². The second-order valence-electron chi connectivity index (χ2n) is 5.43. The van der Waals surface area contributed by atoms with E-state index in [1.807, 2.05) is 0 Å². The van der Waals surface area contributed by atoms with Gasteiger partial charge in [0.25, 0.3) is 5.91 Å². The number of carbonyl (C=O) groups is 1. The predicted molar refractivity (Wildman–Crippen MR) is 90.7 cm³/mol. The fraction of sp³-hybridized carbons (Fsp3) is 0.429. The molecule has 1 aromatic carbocycles. The Morgan fingerprint density at radius 2 is 1.83 bits per heavy atom. The van der Waals surface area contributed by atoms with Crippen molar-refractivity contribution < 1.29 is 13.2 Å². The Kier molecular flexibility index (Phi) is 5.66. The van der Waals surface area contributed by atoms with E-state index in [-0.39, 0.29) is 16.4 Å². The predicted octanol–water partition coefficient (Wildman–Crippen LogP) is 1.17. The molecule has 1 amide bonds. The van der Waals surface area contributed by atoms with Crippen LogP contribution in [-0.4, -0.2) is 25.5 Å². The van der Waals surface area contributed by atoms with Gasteiger partial charge in [0.15, 0.2) is 5.96 Å². The number of thioether (sulfide) groups is 1. The summed E-state index contributed by atoms with van der Waals surface area (Å²) >= 11 is 1.50. The van der Waals surface area contributed by atoms with E-state index >= 15 is 0 Å². The summed E-state index contributed by atoms with van der Waals surface area (Å²) in [5.74, 6) is -1.09. The first-order chi connectivity index (χ1) is 10.8. The third-order valence-corrected chi connectivity index (χ3v) is 6.07. The van der Waals surface area contributed by atoms with Gasteiger partial charge in [-0.25, -0.2) is 13.6 Å². The summed E-state index contributed by atoms with van der Waals surface area (Å²) in [5, 5.41) is 5.66. The zero-order chi connectivity index (χ0) is 17.0. The average Bonchev–Trinajstić information content (AvgIpc) is 2.46. The van der Waals surface area contributed by atoms with Crippen LogP contribution in [-0.2, 0) is 10.0 Å². The lowest BCUT2D eigenvalue weighted by atomic mass is 10.0. The van der Waals surface area contributed by atoms with Crippen molar-refractivity contribution >= 4 is 33.7 Å². The van der Waals surface area contributed by atoms with E-state index in [9.17, 15) is 13.2 Å². The van der Waals surface area contributed by atoms with Gasteiger partial charge in [0.05, 0.1) is 4.90 Å². The number of nitrogens with zero attached hydrogens (tertiary/aromatic N) is 1. The Morgan fingerprint density at radius 3 is 2.39 bits per heavy atom. The highest BCUT2D eigenvalue weighted by Gasteiger charge is 2.21. The molecule has 0 bridgehead atoms. The molecule has 6 N–H and O–H groups in total. The van der Waals surface area contributed by atoms with E-state index in [2.05, 4.69) is 4.99 Å². The minimum Gasteiger partial charge on any atom is -0.370 e. The zero-order valence-electron chi connectivity index (χ0n) is 12.6. The van der Waals surface area contributed by atoms with Crippen molar-refractivity contribution in [1.82, 2.24) is 0 Å². The summed E-state index contributed by atoms with van der Waals surface area (Å²) in [7, 11) is -3.95. The minimum absolute atomic E-state index is 0.0651. The zero-order valence-corrected chi connectivity index (χ0v) is 14.2. The van der Waals surface area contributed by atoms with Crippen LogP contribution in [0, 0.1) is 0 Å². The number of rotatable bonds is 4. The Balaban J connectivity index is 2.35. The highest BCUT2D eigenvalue weighted by Crippen LogP contribution is 2.36. The minimum atomic E-state index is -3.95. The number of amides is 1. The van der Waals surface area contributed by atoms with Crippen molar-refractivity contribution in [3.8, 4) is 0 Å². The summed E-state index contributed by atoms with van der Waals surface area (Å²) in [6.45, 7) is 0.